The van der Waals surface area contributed by atoms with Gasteiger partial charge in [0.2, 0.25) is 5.95 Å². The monoisotopic (exact) mass is 338 g/mol. The summed E-state index contributed by atoms with van der Waals surface area (Å²) in [7, 11) is 0. The molecule has 3 aromatic rings. The Hall–Kier alpha value is -2.59. The smallest absolute Gasteiger partial charge is 0.229 e. The molecule has 3 rings (SSSR count). The second-order valence-corrected chi connectivity index (χ2v) is 6.10. The van der Waals surface area contributed by atoms with E-state index in [0.29, 0.717) is 16.8 Å². The van der Waals surface area contributed by atoms with Gasteiger partial charge in [0.05, 0.1) is 10.7 Å². The van der Waals surface area contributed by atoms with Crippen LogP contribution in [0, 0.1) is 20.8 Å². The molecule has 0 saturated carbocycles. The number of anilines is 4. The zero-order valence-corrected chi connectivity index (χ0v) is 14.6. The van der Waals surface area contributed by atoms with Crippen LogP contribution in [-0.4, -0.2) is 9.97 Å². The highest BCUT2D eigenvalue weighted by atomic mass is 35.5. The Morgan fingerprint density at radius 1 is 0.833 bits per heavy atom. The second kappa shape index (κ2) is 6.89. The highest BCUT2D eigenvalue weighted by Crippen LogP contribution is 2.26. The molecule has 0 aliphatic rings. The number of para-hydroxylation sites is 1. The number of aryl methyl sites for hydroxylation is 2. The first-order valence-electron chi connectivity index (χ1n) is 7.73. The lowest BCUT2D eigenvalue weighted by atomic mass is 10.1. The quantitative estimate of drug-likeness (QED) is 0.655. The fourth-order valence-corrected chi connectivity index (χ4v) is 2.58. The molecule has 1 aromatic heterocycles. The van der Waals surface area contributed by atoms with E-state index in [1.54, 1.807) is 0 Å². The van der Waals surface area contributed by atoms with E-state index in [1.165, 1.54) is 11.1 Å². The van der Waals surface area contributed by atoms with E-state index in [0.717, 1.165) is 17.1 Å². The van der Waals surface area contributed by atoms with Crippen LogP contribution in [0.1, 0.15) is 16.8 Å². The first-order chi connectivity index (χ1) is 11.5. The third kappa shape index (κ3) is 3.66. The van der Waals surface area contributed by atoms with E-state index in [9.17, 15) is 0 Å². The van der Waals surface area contributed by atoms with Crippen LogP contribution in [0.4, 0.5) is 23.1 Å². The van der Waals surface area contributed by atoms with Gasteiger partial charge in [-0.1, -0.05) is 35.9 Å². The molecule has 4 nitrogen and oxygen atoms in total. The molecule has 0 bridgehead atoms. The van der Waals surface area contributed by atoms with Crippen molar-refractivity contribution < 1.29 is 0 Å². The first-order valence-corrected chi connectivity index (χ1v) is 8.11. The largest absolute Gasteiger partial charge is 0.339 e. The highest BCUT2D eigenvalue weighted by molar-refractivity contribution is 6.33. The molecule has 2 aromatic carbocycles. The Labute approximate surface area is 146 Å². The number of rotatable bonds is 4. The maximum atomic E-state index is 6.20. The fraction of sp³-hybridized carbons (Fsp3) is 0.158. The predicted octanol–water partition coefficient (Wildman–Crippen LogP) is 5.54. The van der Waals surface area contributed by atoms with Gasteiger partial charge in [0.15, 0.2) is 0 Å². The summed E-state index contributed by atoms with van der Waals surface area (Å²) in [6.07, 6.45) is 0. The van der Waals surface area contributed by atoms with E-state index in [2.05, 4.69) is 40.5 Å². The minimum Gasteiger partial charge on any atom is -0.339 e. The number of aromatic nitrogens is 2. The molecule has 0 unspecified atom stereocenters. The first kappa shape index (κ1) is 16.3. The van der Waals surface area contributed by atoms with Gasteiger partial charge in [-0.15, -0.1) is 0 Å². The van der Waals surface area contributed by atoms with Gasteiger partial charge in [0.1, 0.15) is 5.82 Å². The molecular weight excluding hydrogens is 320 g/mol. The Morgan fingerprint density at radius 3 is 2.38 bits per heavy atom. The average Bonchev–Trinajstić information content (AvgIpc) is 2.54. The molecular formula is C19H19ClN4. The summed E-state index contributed by atoms with van der Waals surface area (Å²) in [6, 6.07) is 15.6. The van der Waals surface area contributed by atoms with Crippen LogP contribution < -0.4 is 10.6 Å². The Bertz CT molecular complexity index is 877. The van der Waals surface area contributed by atoms with Gasteiger partial charge >= 0.3 is 0 Å². The maximum Gasteiger partial charge on any atom is 0.229 e. The third-order valence-corrected chi connectivity index (χ3v) is 4.17. The summed E-state index contributed by atoms with van der Waals surface area (Å²) in [4.78, 5) is 9.01. The van der Waals surface area contributed by atoms with Gasteiger partial charge < -0.3 is 10.6 Å². The lowest BCUT2D eigenvalue weighted by Crippen LogP contribution is -2.03. The molecule has 0 amide bonds. The number of hydrogen-bond acceptors (Lipinski definition) is 4. The molecule has 0 saturated heterocycles. The topological polar surface area (TPSA) is 49.8 Å². The minimum atomic E-state index is 0.554. The van der Waals surface area contributed by atoms with Crippen LogP contribution in [0.5, 0.6) is 0 Å². The number of nitrogens with one attached hydrogen (secondary N) is 2. The van der Waals surface area contributed by atoms with Gasteiger partial charge in [-0.25, -0.2) is 4.98 Å². The zero-order valence-electron chi connectivity index (χ0n) is 13.9. The van der Waals surface area contributed by atoms with Crippen molar-refractivity contribution in [2.45, 2.75) is 20.8 Å². The summed E-state index contributed by atoms with van der Waals surface area (Å²) in [5.41, 5.74) is 5.09. The van der Waals surface area contributed by atoms with Crippen molar-refractivity contribution in [1.82, 2.24) is 9.97 Å². The van der Waals surface area contributed by atoms with E-state index < -0.39 is 0 Å². The van der Waals surface area contributed by atoms with Gasteiger partial charge in [0, 0.05) is 17.4 Å². The van der Waals surface area contributed by atoms with Gasteiger partial charge in [-0.05, 0) is 50.1 Å². The van der Waals surface area contributed by atoms with Crippen molar-refractivity contribution in [3.05, 3.63) is 70.4 Å². The standard InChI is InChI=1S/C19H19ClN4/c1-12-7-6-10-16(14(12)3)23-19-21-13(2)11-18(24-19)22-17-9-5-4-8-15(17)20/h4-11H,1-3H3,(H2,21,22,23,24). The van der Waals surface area contributed by atoms with Crippen LogP contribution in [0.15, 0.2) is 48.5 Å². The number of halogens is 1. The molecule has 2 N–H and O–H groups in total. The summed E-state index contributed by atoms with van der Waals surface area (Å²) >= 11 is 6.20. The summed E-state index contributed by atoms with van der Waals surface area (Å²) in [5, 5.41) is 7.19. The molecule has 0 fully saturated rings. The summed E-state index contributed by atoms with van der Waals surface area (Å²) < 4.78 is 0. The van der Waals surface area contributed by atoms with E-state index in [4.69, 9.17) is 11.6 Å². The number of hydrogen-bond donors (Lipinski definition) is 2. The molecule has 0 aliphatic heterocycles. The second-order valence-electron chi connectivity index (χ2n) is 5.70. The molecule has 5 heteroatoms. The molecule has 0 radical (unpaired) electrons. The molecule has 1 heterocycles. The van der Waals surface area contributed by atoms with Crippen LogP contribution in [0.3, 0.4) is 0 Å². The van der Waals surface area contributed by atoms with Crippen LogP contribution >= 0.6 is 11.6 Å². The number of benzene rings is 2. The van der Waals surface area contributed by atoms with Crippen LogP contribution in [-0.2, 0) is 0 Å². The third-order valence-electron chi connectivity index (χ3n) is 3.84. The van der Waals surface area contributed by atoms with E-state index in [-0.39, 0.29) is 0 Å². The normalized spacial score (nSPS) is 10.5. The molecule has 122 valence electrons. The van der Waals surface area contributed by atoms with Gasteiger partial charge in [0.25, 0.3) is 0 Å². The predicted molar refractivity (Wildman–Crippen MR) is 101 cm³/mol. The highest BCUT2D eigenvalue weighted by Gasteiger charge is 2.07. The van der Waals surface area contributed by atoms with Crippen LogP contribution in [0.25, 0.3) is 0 Å². The Morgan fingerprint density at radius 2 is 1.58 bits per heavy atom. The molecule has 0 spiro atoms. The van der Waals surface area contributed by atoms with Gasteiger partial charge in [-0.3, -0.25) is 0 Å². The van der Waals surface area contributed by atoms with Crippen molar-refractivity contribution in [3.63, 3.8) is 0 Å². The zero-order chi connectivity index (χ0) is 17.1. The summed E-state index contributed by atoms with van der Waals surface area (Å²) in [6.45, 7) is 6.10. The van der Waals surface area contributed by atoms with Crippen molar-refractivity contribution in [2.75, 3.05) is 10.6 Å². The Balaban J connectivity index is 1.89. The molecule has 0 aliphatic carbocycles. The Kier molecular flexibility index (Phi) is 4.67. The van der Waals surface area contributed by atoms with Gasteiger partial charge in [-0.2, -0.15) is 4.98 Å². The average molecular weight is 339 g/mol. The van der Waals surface area contributed by atoms with Crippen molar-refractivity contribution in [2.24, 2.45) is 0 Å². The maximum absolute atomic E-state index is 6.20. The molecule has 24 heavy (non-hydrogen) atoms. The van der Waals surface area contributed by atoms with Crippen molar-refractivity contribution in [1.29, 1.82) is 0 Å². The van der Waals surface area contributed by atoms with Crippen molar-refractivity contribution in [3.8, 4) is 0 Å². The minimum absolute atomic E-state index is 0.554. The SMILES string of the molecule is Cc1cc(Nc2ccccc2Cl)nc(Nc2cccc(C)c2C)n1. The molecule has 0 atom stereocenters. The van der Waals surface area contributed by atoms with Crippen LogP contribution in [0.2, 0.25) is 5.02 Å². The summed E-state index contributed by atoms with van der Waals surface area (Å²) in [5.74, 6) is 1.25. The van der Waals surface area contributed by atoms with Crippen molar-refractivity contribution >= 4 is 34.7 Å². The van der Waals surface area contributed by atoms with E-state index >= 15 is 0 Å². The lowest BCUT2D eigenvalue weighted by Gasteiger charge is -2.13. The lowest BCUT2D eigenvalue weighted by molar-refractivity contribution is 1.10. The number of nitrogens with zero attached hydrogens (tertiary/aromatic N) is 2. The van der Waals surface area contributed by atoms with E-state index in [1.807, 2.05) is 49.4 Å². The fourth-order valence-electron chi connectivity index (χ4n) is 2.40.